The van der Waals surface area contributed by atoms with Crippen molar-refractivity contribution in [2.24, 2.45) is 9.98 Å². The van der Waals surface area contributed by atoms with Crippen LogP contribution in [-0.4, -0.2) is 20.8 Å². The highest BCUT2D eigenvalue weighted by molar-refractivity contribution is 6.24. The molecule has 1 N–H and O–H groups in total. The number of amidine groups is 2. The van der Waals surface area contributed by atoms with Gasteiger partial charge in [0.25, 0.3) is 0 Å². The molecule has 1 aliphatic rings. The molecule has 12 aromatic rings. The van der Waals surface area contributed by atoms with Crippen molar-refractivity contribution in [3.63, 3.8) is 0 Å². The molecule has 5 heteroatoms. The fourth-order valence-electron chi connectivity index (χ4n) is 10.1. The van der Waals surface area contributed by atoms with Gasteiger partial charge in [-0.2, -0.15) is 0 Å². The monoisotopic (exact) mass is 843 g/mol. The Balaban J connectivity index is 1.11. The molecular formula is C61H41N5. The van der Waals surface area contributed by atoms with E-state index in [0.29, 0.717) is 5.84 Å². The summed E-state index contributed by atoms with van der Waals surface area (Å²) in [5.74, 6) is 1.43. The Kier molecular flexibility index (Phi) is 8.84. The molecule has 10 aromatic carbocycles. The lowest BCUT2D eigenvalue weighted by molar-refractivity contribution is 0.516. The van der Waals surface area contributed by atoms with Crippen LogP contribution in [-0.2, 0) is 0 Å². The van der Waals surface area contributed by atoms with Gasteiger partial charge in [0.05, 0.1) is 27.8 Å². The van der Waals surface area contributed by atoms with Gasteiger partial charge in [-0.25, -0.2) is 9.98 Å². The van der Waals surface area contributed by atoms with Crippen LogP contribution < -0.4 is 5.32 Å². The summed E-state index contributed by atoms with van der Waals surface area (Å²) >= 11 is 0. The Morgan fingerprint density at radius 3 is 1.56 bits per heavy atom. The van der Waals surface area contributed by atoms with E-state index < -0.39 is 6.29 Å². The van der Waals surface area contributed by atoms with Crippen LogP contribution >= 0.6 is 0 Å². The van der Waals surface area contributed by atoms with Crippen molar-refractivity contribution in [3.8, 4) is 39.1 Å². The van der Waals surface area contributed by atoms with Crippen LogP contribution in [0, 0.1) is 0 Å². The normalized spacial score (nSPS) is 13.9. The number of hydrogen-bond acceptors (Lipinski definition) is 3. The van der Waals surface area contributed by atoms with E-state index in [4.69, 9.17) is 9.98 Å². The van der Waals surface area contributed by atoms with Gasteiger partial charge in [-0.1, -0.05) is 218 Å². The Bertz CT molecular complexity index is 3820. The largest absolute Gasteiger partial charge is 0.331 e. The standard InChI is InChI=1S/C61H41N5/c1-4-17-40(18-5-1)42-31-34-45(35-32-42)59-62-60(47-36-33-41-19-10-11-24-46(41)39-47)64-61(63-59)66-55-30-15-13-26-51(55)53-38-37-52-50-25-12-14-29-54(50)65(57(52)58(53)66)56-48(43-20-6-2-7-21-43)27-16-28-49(56)44-22-8-3-9-23-44/h1-39,61H,(H,62,63,64). The Morgan fingerprint density at radius 2 is 0.879 bits per heavy atom. The third-order valence-electron chi connectivity index (χ3n) is 13.2. The van der Waals surface area contributed by atoms with Gasteiger partial charge in [0.2, 0.25) is 6.29 Å². The SMILES string of the molecule is c1ccc(-c2ccc(C3=NC(c4ccc5ccccc5c4)=NC(n4c5ccccc5c5ccc6c7ccccc7n(-c7c(-c8ccccc8)cccc7-c7ccccc7)c6c54)N3)cc2)cc1. The van der Waals surface area contributed by atoms with Crippen molar-refractivity contribution >= 4 is 66.1 Å². The predicted octanol–water partition coefficient (Wildman–Crippen LogP) is 15.0. The first kappa shape index (κ1) is 37.7. The summed E-state index contributed by atoms with van der Waals surface area (Å²) in [6.07, 6.45) is -0.565. The van der Waals surface area contributed by atoms with E-state index >= 15 is 0 Å². The van der Waals surface area contributed by atoms with Crippen LogP contribution in [0.5, 0.6) is 0 Å². The lowest BCUT2D eigenvalue weighted by Crippen LogP contribution is -2.36. The minimum Gasteiger partial charge on any atom is -0.331 e. The van der Waals surface area contributed by atoms with Crippen molar-refractivity contribution in [3.05, 3.63) is 248 Å². The molecule has 0 amide bonds. The predicted molar refractivity (Wildman–Crippen MR) is 276 cm³/mol. The topological polar surface area (TPSA) is 46.6 Å². The average Bonchev–Trinajstić information content (AvgIpc) is 3.92. The summed E-state index contributed by atoms with van der Waals surface area (Å²) in [6.45, 7) is 0. The minimum absolute atomic E-state index is 0.565. The van der Waals surface area contributed by atoms with Crippen molar-refractivity contribution in [2.45, 2.75) is 6.29 Å². The van der Waals surface area contributed by atoms with Crippen LogP contribution in [0.15, 0.2) is 247 Å². The van der Waals surface area contributed by atoms with Crippen molar-refractivity contribution in [1.29, 1.82) is 0 Å². The third kappa shape index (κ3) is 6.16. The van der Waals surface area contributed by atoms with E-state index in [-0.39, 0.29) is 0 Å². The van der Waals surface area contributed by atoms with Gasteiger partial charge in [-0.15, -0.1) is 0 Å². The van der Waals surface area contributed by atoms with Gasteiger partial charge in [-0.05, 0) is 51.2 Å². The van der Waals surface area contributed by atoms with Gasteiger partial charge < -0.3 is 9.88 Å². The molecule has 2 aromatic heterocycles. The highest BCUT2D eigenvalue weighted by Gasteiger charge is 2.29. The number of para-hydroxylation sites is 3. The molecule has 0 spiro atoms. The fourth-order valence-corrected chi connectivity index (χ4v) is 10.1. The second-order valence-corrected chi connectivity index (χ2v) is 17.0. The van der Waals surface area contributed by atoms with E-state index in [1.54, 1.807) is 0 Å². The smallest absolute Gasteiger partial charge is 0.204 e. The Hall–Kier alpha value is -8.80. The first-order valence-electron chi connectivity index (χ1n) is 22.5. The molecule has 0 fully saturated rings. The van der Waals surface area contributed by atoms with E-state index in [1.807, 2.05) is 0 Å². The number of nitrogens with zero attached hydrogens (tertiary/aromatic N) is 4. The molecule has 1 unspecified atom stereocenters. The van der Waals surface area contributed by atoms with Crippen LogP contribution in [0.1, 0.15) is 17.4 Å². The van der Waals surface area contributed by atoms with Gasteiger partial charge in [0, 0.05) is 43.8 Å². The second-order valence-electron chi connectivity index (χ2n) is 17.0. The molecule has 0 aliphatic carbocycles. The molecule has 5 nitrogen and oxygen atoms in total. The van der Waals surface area contributed by atoms with Crippen molar-refractivity contribution in [2.75, 3.05) is 0 Å². The number of hydrogen-bond donors (Lipinski definition) is 1. The van der Waals surface area contributed by atoms with Crippen molar-refractivity contribution in [1.82, 2.24) is 14.5 Å². The van der Waals surface area contributed by atoms with E-state index in [9.17, 15) is 0 Å². The summed E-state index contributed by atoms with van der Waals surface area (Å²) < 4.78 is 4.95. The summed E-state index contributed by atoms with van der Waals surface area (Å²) in [4.78, 5) is 10.9. The highest BCUT2D eigenvalue weighted by Crippen LogP contribution is 2.45. The molecule has 0 saturated heterocycles. The van der Waals surface area contributed by atoms with Crippen LogP contribution in [0.4, 0.5) is 0 Å². The first-order valence-corrected chi connectivity index (χ1v) is 22.5. The van der Waals surface area contributed by atoms with Crippen molar-refractivity contribution < 1.29 is 0 Å². The zero-order valence-electron chi connectivity index (χ0n) is 35.9. The van der Waals surface area contributed by atoms with E-state index in [1.165, 1.54) is 21.7 Å². The Morgan fingerprint density at radius 1 is 0.364 bits per heavy atom. The molecule has 1 atom stereocenters. The molecule has 13 rings (SSSR count). The molecule has 310 valence electrons. The van der Waals surface area contributed by atoms with Crippen LogP contribution in [0.25, 0.3) is 93.5 Å². The van der Waals surface area contributed by atoms with Gasteiger partial charge >= 0.3 is 0 Å². The van der Waals surface area contributed by atoms with Gasteiger partial charge in [0.1, 0.15) is 5.84 Å². The maximum atomic E-state index is 5.61. The number of aliphatic imine (C=N–C) groups is 2. The number of nitrogens with one attached hydrogen (secondary N) is 1. The maximum absolute atomic E-state index is 5.61. The second kappa shape index (κ2) is 15.5. The Labute approximate surface area is 381 Å². The van der Waals surface area contributed by atoms with E-state index in [0.717, 1.165) is 88.7 Å². The zero-order chi connectivity index (χ0) is 43.6. The summed E-state index contributed by atoms with van der Waals surface area (Å²) in [6, 6.07) is 84.7. The molecular weight excluding hydrogens is 803 g/mol. The maximum Gasteiger partial charge on any atom is 0.204 e. The number of rotatable bonds is 7. The molecule has 0 saturated carbocycles. The van der Waals surface area contributed by atoms with Crippen LogP contribution in [0.2, 0.25) is 0 Å². The lowest BCUT2D eigenvalue weighted by Gasteiger charge is -2.26. The number of benzene rings is 10. The molecule has 0 radical (unpaired) electrons. The van der Waals surface area contributed by atoms with Gasteiger partial charge in [0.15, 0.2) is 5.84 Å². The quantitative estimate of drug-likeness (QED) is 0.171. The minimum atomic E-state index is -0.565. The zero-order valence-corrected chi connectivity index (χ0v) is 35.9. The van der Waals surface area contributed by atoms with Gasteiger partial charge in [-0.3, -0.25) is 4.57 Å². The fraction of sp³-hybridized carbons (Fsp3) is 0.0164. The lowest BCUT2D eigenvalue weighted by atomic mass is 9.95. The number of aromatic nitrogens is 2. The summed E-state index contributed by atoms with van der Waals surface area (Å²) in [7, 11) is 0. The highest BCUT2D eigenvalue weighted by atomic mass is 15.3. The summed E-state index contributed by atoms with van der Waals surface area (Å²) in [5.41, 5.74) is 14.4. The van der Waals surface area contributed by atoms with E-state index in [2.05, 4.69) is 251 Å². The molecule has 1 aliphatic heterocycles. The summed E-state index contributed by atoms with van der Waals surface area (Å²) in [5, 5.41) is 10.9. The molecule has 3 heterocycles. The average molecular weight is 844 g/mol. The first-order chi connectivity index (χ1) is 32.7. The third-order valence-corrected chi connectivity index (χ3v) is 13.2. The molecule has 0 bridgehead atoms. The van der Waals surface area contributed by atoms with Crippen LogP contribution in [0.3, 0.4) is 0 Å². The molecule has 66 heavy (non-hydrogen) atoms. The number of fused-ring (bicyclic) bond motifs is 8.